The van der Waals surface area contributed by atoms with Crippen LogP contribution in [0.1, 0.15) is 31.9 Å². The first-order valence-electron chi connectivity index (χ1n) is 8.92. The van der Waals surface area contributed by atoms with Crippen LogP contribution in [0.25, 0.3) is 0 Å². The lowest BCUT2D eigenvalue weighted by Crippen LogP contribution is -2.32. The third-order valence-corrected chi connectivity index (χ3v) is 4.59. The van der Waals surface area contributed by atoms with Crippen LogP contribution in [0, 0.1) is 12.8 Å². The van der Waals surface area contributed by atoms with Crippen molar-refractivity contribution in [1.82, 2.24) is 5.16 Å². The molecule has 1 amide bonds. The molecule has 2 heterocycles. The molecule has 1 aromatic carbocycles. The van der Waals surface area contributed by atoms with Gasteiger partial charge in [0.1, 0.15) is 5.76 Å². The Bertz CT molecular complexity index is 688. The normalized spacial score (nSPS) is 15.2. The maximum Gasteiger partial charge on any atom is 0.226 e. The van der Waals surface area contributed by atoms with Crippen molar-refractivity contribution in [3.05, 3.63) is 36.1 Å². The molecule has 0 unspecified atom stereocenters. The molecule has 0 spiro atoms. The second-order valence-electron chi connectivity index (χ2n) is 6.76. The number of aryl methyl sites for hydroxylation is 1. The van der Waals surface area contributed by atoms with E-state index in [4.69, 9.17) is 4.52 Å². The molecule has 0 bridgehead atoms. The van der Waals surface area contributed by atoms with Gasteiger partial charge in [0.2, 0.25) is 5.91 Å². The summed E-state index contributed by atoms with van der Waals surface area (Å²) in [7, 11) is 0. The Kier molecular flexibility index (Phi) is 5.58. The van der Waals surface area contributed by atoms with E-state index in [1.807, 2.05) is 19.1 Å². The number of nitrogens with one attached hydrogen (secondary N) is 2. The van der Waals surface area contributed by atoms with E-state index < -0.39 is 0 Å². The Morgan fingerprint density at radius 2 is 2.00 bits per heavy atom. The van der Waals surface area contributed by atoms with Gasteiger partial charge in [-0.25, -0.2) is 0 Å². The van der Waals surface area contributed by atoms with Gasteiger partial charge >= 0.3 is 0 Å². The third-order valence-electron chi connectivity index (χ3n) is 4.59. The van der Waals surface area contributed by atoms with E-state index in [2.05, 4.69) is 39.7 Å². The van der Waals surface area contributed by atoms with Crippen LogP contribution in [-0.2, 0) is 4.79 Å². The molecule has 2 aromatic rings. The summed E-state index contributed by atoms with van der Waals surface area (Å²) in [5, 5.41) is 9.83. The fraction of sp³-hybridized carbons (Fsp3) is 0.474. The maximum absolute atomic E-state index is 12.0. The number of rotatable bonds is 6. The first-order chi connectivity index (χ1) is 12.1. The summed E-state index contributed by atoms with van der Waals surface area (Å²) in [6.07, 6.45) is 2.87. The molecule has 0 atom stereocenters. The number of anilines is 3. The van der Waals surface area contributed by atoms with Gasteiger partial charge < -0.3 is 20.1 Å². The Labute approximate surface area is 148 Å². The minimum Gasteiger partial charge on any atom is -0.372 e. The van der Waals surface area contributed by atoms with Crippen molar-refractivity contribution in [2.75, 3.05) is 35.2 Å². The molecule has 0 aliphatic carbocycles. The highest BCUT2D eigenvalue weighted by Crippen LogP contribution is 2.24. The predicted octanol–water partition coefficient (Wildman–Crippen LogP) is 3.66. The molecule has 1 saturated heterocycles. The van der Waals surface area contributed by atoms with E-state index in [1.165, 1.54) is 18.5 Å². The second-order valence-corrected chi connectivity index (χ2v) is 6.76. The van der Waals surface area contributed by atoms with Gasteiger partial charge in [0.15, 0.2) is 5.82 Å². The van der Waals surface area contributed by atoms with Crippen LogP contribution in [0.2, 0.25) is 0 Å². The van der Waals surface area contributed by atoms with Crippen molar-refractivity contribution in [2.45, 2.75) is 33.1 Å². The maximum atomic E-state index is 12.0. The molecular weight excluding hydrogens is 316 g/mol. The number of carbonyl (C=O) groups is 1. The molecule has 1 aromatic heterocycles. The lowest BCUT2D eigenvalue weighted by atomic mass is 9.99. The van der Waals surface area contributed by atoms with E-state index in [0.29, 0.717) is 18.8 Å². The standard InChI is InChI=1S/C19H26N4O2/c1-14-8-11-23(12-9-14)17-5-3-16(4-6-17)21-19(24)7-10-20-18-13-15(2)25-22-18/h3-6,13-14H,7-12H2,1-2H3,(H,20,22)(H,21,24). The molecule has 0 saturated carbocycles. The Balaban J connectivity index is 1.43. The SMILES string of the molecule is Cc1cc(NCCC(=O)Nc2ccc(N3CCC(C)CC3)cc2)no1. The zero-order valence-electron chi connectivity index (χ0n) is 14.9. The van der Waals surface area contributed by atoms with Crippen molar-refractivity contribution in [1.29, 1.82) is 0 Å². The number of piperidine rings is 1. The highest BCUT2D eigenvalue weighted by atomic mass is 16.5. The number of amides is 1. The number of nitrogens with zero attached hydrogens (tertiary/aromatic N) is 2. The summed E-state index contributed by atoms with van der Waals surface area (Å²) >= 11 is 0. The summed E-state index contributed by atoms with van der Waals surface area (Å²) in [5.41, 5.74) is 2.06. The van der Waals surface area contributed by atoms with E-state index in [-0.39, 0.29) is 5.91 Å². The highest BCUT2D eigenvalue weighted by molar-refractivity contribution is 5.91. The zero-order chi connectivity index (χ0) is 17.6. The molecule has 0 radical (unpaired) electrons. The largest absolute Gasteiger partial charge is 0.372 e. The second kappa shape index (κ2) is 8.05. The highest BCUT2D eigenvalue weighted by Gasteiger charge is 2.15. The minimum atomic E-state index is -0.0211. The van der Waals surface area contributed by atoms with Gasteiger partial charge in [-0.05, 0) is 49.9 Å². The Hall–Kier alpha value is -2.50. The van der Waals surface area contributed by atoms with E-state index in [0.717, 1.165) is 30.5 Å². The molecule has 1 fully saturated rings. The van der Waals surface area contributed by atoms with Gasteiger partial charge in [-0.3, -0.25) is 4.79 Å². The van der Waals surface area contributed by atoms with E-state index in [9.17, 15) is 4.79 Å². The van der Waals surface area contributed by atoms with Gasteiger partial charge in [0.05, 0.1) is 0 Å². The van der Waals surface area contributed by atoms with Crippen LogP contribution >= 0.6 is 0 Å². The molecule has 6 heteroatoms. The third kappa shape index (κ3) is 4.98. The van der Waals surface area contributed by atoms with Crippen molar-refractivity contribution in [2.24, 2.45) is 5.92 Å². The summed E-state index contributed by atoms with van der Waals surface area (Å²) in [4.78, 5) is 14.4. The average molecular weight is 342 g/mol. The fourth-order valence-corrected chi connectivity index (χ4v) is 3.00. The molecule has 134 valence electrons. The number of aromatic nitrogens is 1. The quantitative estimate of drug-likeness (QED) is 0.838. The van der Waals surface area contributed by atoms with Crippen molar-refractivity contribution in [3.63, 3.8) is 0 Å². The molecule has 1 aliphatic heterocycles. The topological polar surface area (TPSA) is 70.4 Å². The predicted molar refractivity (Wildman–Crippen MR) is 100 cm³/mol. The fourth-order valence-electron chi connectivity index (χ4n) is 3.00. The van der Waals surface area contributed by atoms with Crippen LogP contribution in [0.15, 0.2) is 34.9 Å². The molecule has 25 heavy (non-hydrogen) atoms. The van der Waals surface area contributed by atoms with E-state index in [1.54, 1.807) is 6.07 Å². The van der Waals surface area contributed by atoms with Gasteiger partial charge in [0, 0.05) is 43.5 Å². The van der Waals surface area contributed by atoms with Crippen molar-refractivity contribution >= 4 is 23.1 Å². The van der Waals surface area contributed by atoms with Crippen LogP contribution in [0.4, 0.5) is 17.2 Å². The summed E-state index contributed by atoms with van der Waals surface area (Å²) in [5.74, 6) is 2.21. The number of hydrogen-bond donors (Lipinski definition) is 2. The molecule has 6 nitrogen and oxygen atoms in total. The Morgan fingerprint density at radius 1 is 1.28 bits per heavy atom. The monoisotopic (exact) mass is 342 g/mol. The van der Waals surface area contributed by atoms with E-state index >= 15 is 0 Å². The van der Waals surface area contributed by atoms with Crippen LogP contribution in [-0.4, -0.2) is 30.7 Å². The lowest BCUT2D eigenvalue weighted by molar-refractivity contribution is -0.115. The van der Waals surface area contributed by atoms with Gasteiger partial charge in [-0.1, -0.05) is 12.1 Å². The first-order valence-corrected chi connectivity index (χ1v) is 8.92. The summed E-state index contributed by atoms with van der Waals surface area (Å²) in [6, 6.07) is 9.92. The first kappa shape index (κ1) is 17.3. The van der Waals surface area contributed by atoms with Crippen LogP contribution < -0.4 is 15.5 Å². The van der Waals surface area contributed by atoms with Crippen LogP contribution in [0.3, 0.4) is 0 Å². The molecule has 3 rings (SSSR count). The number of carbonyl (C=O) groups excluding carboxylic acids is 1. The summed E-state index contributed by atoms with van der Waals surface area (Å²) in [6.45, 7) is 6.88. The smallest absolute Gasteiger partial charge is 0.226 e. The van der Waals surface area contributed by atoms with Gasteiger partial charge in [-0.15, -0.1) is 0 Å². The summed E-state index contributed by atoms with van der Waals surface area (Å²) < 4.78 is 4.97. The molecule has 2 N–H and O–H groups in total. The van der Waals surface area contributed by atoms with Crippen molar-refractivity contribution in [3.8, 4) is 0 Å². The van der Waals surface area contributed by atoms with Crippen molar-refractivity contribution < 1.29 is 9.32 Å². The number of benzene rings is 1. The molecular formula is C19H26N4O2. The molecule has 1 aliphatic rings. The van der Waals surface area contributed by atoms with Gasteiger partial charge in [-0.2, -0.15) is 0 Å². The number of hydrogen-bond acceptors (Lipinski definition) is 5. The average Bonchev–Trinajstić information content (AvgIpc) is 3.02. The minimum absolute atomic E-state index is 0.0211. The van der Waals surface area contributed by atoms with Crippen LogP contribution in [0.5, 0.6) is 0 Å². The zero-order valence-corrected chi connectivity index (χ0v) is 14.9. The van der Waals surface area contributed by atoms with Gasteiger partial charge in [0.25, 0.3) is 0 Å². The lowest BCUT2D eigenvalue weighted by Gasteiger charge is -2.32. The Morgan fingerprint density at radius 3 is 2.64 bits per heavy atom.